The maximum Gasteiger partial charge on any atom is 0.358 e. The zero-order valence-electron chi connectivity index (χ0n) is 11.2. The van der Waals surface area contributed by atoms with E-state index < -0.39 is 5.97 Å². The summed E-state index contributed by atoms with van der Waals surface area (Å²) >= 11 is 0. The van der Waals surface area contributed by atoms with Crippen LogP contribution in [0.15, 0.2) is 6.20 Å². The van der Waals surface area contributed by atoms with Crippen molar-refractivity contribution in [3.05, 3.63) is 11.9 Å². The Labute approximate surface area is 112 Å². The molecule has 0 radical (unpaired) electrons. The van der Waals surface area contributed by atoms with Gasteiger partial charge in [-0.05, 0) is 38.9 Å². The molecule has 19 heavy (non-hydrogen) atoms. The van der Waals surface area contributed by atoms with Crippen molar-refractivity contribution in [3.63, 3.8) is 0 Å². The van der Waals surface area contributed by atoms with Crippen molar-refractivity contribution in [2.75, 3.05) is 33.2 Å². The Balaban J connectivity index is 1.79. The number of likely N-dealkylation sites (tertiary alicyclic amines) is 1. The van der Waals surface area contributed by atoms with Gasteiger partial charge in [-0.15, -0.1) is 5.10 Å². The van der Waals surface area contributed by atoms with Crippen molar-refractivity contribution < 1.29 is 9.90 Å². The van der Waals surface area contributed by atoms with Gasteiger partial charge in [-0.25, -0.2) is 4.79 Å². The van der Waals surface area contributed by atoms with E-state index >= 15 is 0 Å². The molecule has 1 aromatic rings. The summed E-state index contributed by atoms with van der Waals surface area (Å²) in [6.07, 6.45) is 3.99. The second-order valence-corrected chi connectivity index (χ2v) is 5.04. The van der Waals surface area contributed by atoms with Gasteiger partial charge in [0.25, 0.3) is 0 Å². The molecule has 1 aromatic heterocycles. The molecule has 0 bridgehead atoms. The lowest BCUT2D eigenvalue weighted by Crippen LogP contribution is -2.40. The molecule has 2 rings (SSSR count). The minimum absolute atomic E-state index is 0.00621. The minimum Gasteiger partial charge on any atom is -0.476 e. The van der Waals surface area contributed by atoms with Gasteiger partial charge in [-0.2, -0.15) is 0 Å². The molecule has 1 saturated heterocycles. The normalized spacial score (nSPS) is 20.6. The van der Waals surface area contributed by atoms with E-state index in [9.17, 15) is 4.79 Å². The van der Waals surface area contributed by atoms with E-state index in [2.05, 4.69) is 20.5 Å². The van der Waals surface area contributed by atoms with Gasteiger partial charge in [-0.3, -0.25) is 4.68 Å². The van der Waals surface area contributed by atoms with Crippen molar-refractivity contribution >= 4 is 5.97 Å². The standard InChI is InChI=1S/C12H21N5O2/c1-13-7-10-3-2-4-16(8-10)5-6-17-9-11(12(18)19)14-15-17/h9-10,13H,2-8H2,1H3,(H,18,19). The summed E-state index contributed by atoms with van der Waals surface area (Å²) in [6.45, 7) is 4.85. The summed E-state index contributed by atoms with van der Waals surface area (Å²) in [7, 11) is 1.99. The molecule has 0 saturated carbocycles. The molecule has 0 amide bonds. The molecule has 1 aliphatic heterocycles. The van der Waals surface area contributed by atoms with E-state index in [1.54, 1.807) is 4.68 Å². The molecule has 7 nitrogen and oxygen atoms in total. The highest BCUT2D eigenvalue weighted by Gasteiger charge is 2.19. The highest BCUT2D eigenvalue weighted by Crippen LogP contribution is 2.15. The number of aromatic carboxylic acids is 1. The van der Waals surface area contributed by atoms with Crippen molar-refractivity contribution in [2.24, 2.45) is 5.92 Å². The van der Waals surface area contributed by atoms with Crippen LogP contribution >= 0.6 is 0 Å². The summed E-state index contributed by atoms with van der Waals surface area (Å²) < 4.78 is 1.60. The first-order valence-electron chi connectivity index (χ1n) is 6.69. The fraction of sp³-hybridized carbons (Fsp3) is 0.750. The van der Waals surface area contributed by atoms with E-state index in [1.165, 1.54) is 19.0 Å². The summed E-state index contributed by atoms with van der Waals surface area (Å²) in [5, 5.41) is 19.4. The van der Waals surface area contributed by atoms with Crippen LogP contribution in [-0.4, -0.2) is 64.2 Å². The molecule has 7 heteroatoms. The monoisotopic (exact) mass is 267 g/mol. The molecule has 2 heterocycles. The highest BCUT2D eigenvalue weighted by atomic mass is 16.4. The van der Waals surface area contributed by atoms with E-state index in [1.807, 2.05) is 7.05 Å². The second-order valence-electron chi connectivity index (χ2n) is 5.04. The predicted octanol–water partition coefficient (Wildman–Crippen LogP) is -0.0923. The molecule has 1 atom stereocenters. The van der Waals surface area contributed by atoms with Gasteiger partial charge in [0.15, 0.2) is 5.69 Å². The van der Waals surface area contributed by atoms with Crippen molar-refractivity contribution in [1.82, 2.24) is 25.2 Å². The average molecular weight is 267 g/mol. The number of carboxylic acids is 1. The van der Waals surface area contributed by atoms with Crippen LogP contribution in [-0.2, 0) is 6.54 Å². The molecule has 1 fully saturated rings. The third-order valence-corrected chi connectivity index (χ3v) is 3.50. The van der Waals surface area contributed by atoms with E-state index in [0.717, 1.165) is 26.2 Å². The average Bonchev–Trinajstić information content (AvgIpc) is 2.86. The highest BCUT2D eigenvalue weighted by molar-refractivity contribution is 5.84. The van der Waals surface area contributed by atoms with E-state index in [4.69, 9.17) is 5.11 Å². The first-order valence-corrected chi connectivity index (χ1v) is 6.69. The van der Waals surface area contributed by atoms with Crippen LogP contribution in [0.4, 0.5) is 0 Å². The molecule has 0 aromatic carbocycles. The number of rotatable bonds is 6. The molecule has 106 valence electrons. The first kappa shape index (κ1) is 14.0. The maximum absolute atomic E-state index is 10.7. The van der Waals surface area contributed by atoms with Crippen LogP contribution in [0, 0.1) is 5.92 Å². The van der Waals surface area contributed by atoms with Crippen molar-refractivity contribution in [2.45, 2.75) is 19.4 Å². The Kier molecular flexibility index (Phi) is 4.86. The number of carboxylic acid groups (broad SMARTS) is 1. The zero-order valence-corrected chi connectivity index (χ0v) is 11.2. The Bertz CT molecular complexity index is 418. The third kappa shape index (κ3) is 4.00. The largest absolute Gasteiger partial charge is 0.476 e. The Hall–Kier alpha value is -1.47. The van der Waals surface area contributed by atoms with Crippen molar-refractivity contribution in [3.8, 4) is 0 Å². The summed E-state index contributed by atoms with van der Waals surface area (Å²) in [6, 6.07) is 0. The van der Waals surface area contributed by atoms with E-state index in [-0.39, 0.29) is 5.69 Å². The van der Waals surface area contributed by atoms with Crippen LogP contribution < -0.4 is 5.32 Å². The van der Waals surface area contributed by atoms with Gasteiger partial charge in [0, 0.05) is 13.1 Å². The van der Waals surface area contributed by atoms with Gasteiger partial charge in [0.1, 0.15) is 0 Å². The summed E-state index contributed by atoms with van der Waals surface area (Å²) in [4.78, 5) is 13.1. The van der Waals surface area contributed by atoms with Gasteiger partial charge in [0.05, 0.1) is 12.7 Å². The quantitative estimate of drug-likeness (QED) is 0.749. The van der Waals surface area contributed by atoms with Crippen LogP contribution in [0.25, 0.3) is 0 Å². The molecule has 1 unspecified atom stereocenters. The van der Waals surface area contributed by atoms with Crippen LogP contribution in [0.1, 0.15) is 23.3 Å². The van der Waals surface area contributed by atoms with E-state index in [0.29, 0.717) is 12.5 Å². The molecule has 0 aliphatic carbocycles. The number of nitrogens with zero attached hydrogens (tertiary/aromatic N) is 4. The molecule has 0 spiro atoms. The number of hydrogen-bond acceptors (Lipinski definition) is 5. The number of hydrogen-bond donors (Lipinski definition) is 2. The Morgan fingerprint density at radius 1 is 1.58 bits per heavy atom. The predicted molar refractivity (Wildman–Crippen MR) is 70.1 cm³/mol. The molecule has 2 N–H and O–H groups in total. The lowest BCUT2D eigenvalue weighted by Gasteiger charge is -2.32. The SMILES string of the molecule is CNCC1CCCN(CCn2cc(C(=O)O)nn2)C1. The van der Waals surface area contributed by atoms with Crippen LogP contribution in [0.5, 0.6) is 0 Å². The number of carbonyl (C=O) groups is 1. The summed E-state index contributed by atoms with van der Waals surface area (Å²) in [5.74, 6) is -0.317. The van der Waals surface area contributed by atoms with Gasteiger partial charge < -0.3 is 15.3 Å². The Morgan fingerprint density at radius 2 is 2.42 bits per heavy atom. The minimum atomic E-state index is -1.03. The molecular weight excluding hydrogens is 246 g/mol. The fourth-order valence-electron chi connectivity index (χ4n) is 2.56. The third-order valence-electron chi connectivity index (χ3n) is 3.50. The Morgan fingerprint density at radius 3 is 3.11 bits per heavy atom. The number of nitrogens with one attached hydrogen (secondary N) is 1. The zero-order chi connectivity index (χ0) is 13.7. The van der Waals surface area contributed by atoms with Crippen LogP contribution in [0.3, 0.4) is 0 Å². The molecule has 1 aliphatic rings. The van der Waals surface area contributed by atoms with Crippen LogP contribution in [0.2, 0.25) is 0 Å². The van der Waals surface area contributed by atoms with Gasteiger partial charge in [-0.1, -0.05) is 5.21 Å². The number of piperidine rings is 1. The lowest BCUT2D eigenvalue weighted by atomic mass is 9.98. The topological polar surface area (TPSA) is 83.3 Å². The van der Waals surface area contributed by atoms with Gasteiger partial charge >= 0.3 is 5.97 Å². The first-order chi connectivity index (χ1) is 9.19. The lowest BCUT2D eigenvalue weighted by molar-refractivity contribution is 0.0690. The second kappa shape index (κ2) is 6.63. The van der Waals surface area contributed by atoms with Crippen molar-refractivity contribution in [1.29, 1.82) is 0 Å². The van der Waals surface area contributed by atoms with Gasteiger partial charge in [0.2, 0.25) is 0 Å². The molecular formula is C12H21N5O2. The fourth-order valence-corrected chi connectivity index (χ4v) is 2.56. The smallest absolute Gasteiger partial charge is 0.358 e. The maximum atomic E-state index is 10.7. The number of aromatic nitrogens is 3. The summed E-state index contributed by atoms with van der Waals surface area (Å²) in [5.41, 5.74) is 0.00621.